The van der Waals surface area contributed by atoms with Crippen LogP contribution in [0, 0.1) is 0 Å². The molecule has 0 aliphatic heterocycles. The second-order valence-corrected chi connectivity index (χ2v) is 21.6. The number of carbonyl (C=O) groups excluding carboxylic acids is 3. The molecule has 0 aromatic heterocycles. The first-order chi connectivity index (χ1) is 39.0. The molecule has 0 rings (SSSR count). The molecule has 0 spiro atoms. The van der Waals surface area contributed by atoms with Crippen molar-refractivity contribution in [3.63, 3.8) is 0 Å². The van der Waals surface area contributed by atoms with E-state index in [0.29, 0.717) is 19.3 Å². The smallest absolute Gasteiger partial charge is 0.306 e. The Labute approximate surface area is 488 Å². The molecular formula is C73H122O6. The Bertz CT molecular complexity index is 1640. The third-order valence-electron chi connectivity index (χ3n) is 14.0. The molecule has 0 amide bonds. The maximum atomic E-state index is 12.9. The zero-order chi connectivity index (χ0) is 57.1. The van der Waals surface area contributed by atoms with Gasteiger partial charge in [-0.25, -0.2) is 0 Å². The molecular weight excluding hydrogens is 973 g/mol. The largest absolute Gasteiger partial charge is 0.462 e. The number of hydrogen-bond acceptors (Lipinski definition) is 6. The van der Waals surface area contributed by atoms with Crippen LogP contribution in [0.2, 0.25) is 0 Å². The highest BCUT2D eigenvalue weighted by atomic mass is 16.6. The fraction of sp³-hybridized carbons (Fsp3) is 0.685. The number of esters is 3. The van der Waals surface area contributed by atoms with Gasteiger partial charge in [-0.15, -0.1) is 0 Å². The first kappa shape index (κ1) is 74.8. The second-order valence-electron chi connectivity index (χ2n) is 21.6. The Kier molecular flexibility index (Phi) is 62.8. The van der Waals surface area contributed by atoms with Crippen molar-refractivity contribution in [2.24, 2.45) is 0 Å². The summed E-state index contributed by atoms with van der Waals surface area (Å²) in [6.07, 6.45) is 92.3. The summed E-state index contributed by atoms with van der Waals surface area (Å²) in [6, 6.07) is 0. The minimum atomic E-state index is -0.816. The van der Waals surface area contributed by atoms with Crippen LogP contribution in [0.15, 0.2) is 122 Å². The maximum absolute atomic E-state index is 12.9. The number of rotatable bonds is 59. The zero-order valence-electron chi connectivity index (χ0n) is 51.6. The van der Waals surface area contributed by atoms with E-state index in [1.807, 2.05) is 6.08 Å². The summed E-state index contributed by atoms with van der Waals surface area (Å²) in [4.78, 5) is 38.3. The normalized spacial score (nSPS) is 12.9. The summed E-state index contributed by atoms with van der Waals surface area (Å²) in [5.41, 5.74) is 0. The fourth-order valence-electron chi connectivity index (χ4n) is 9.11. The van der Waals surface area contributed by atoms with Crippen LogP contribution in [0.4, 0.5) is 0 Å². The highest BCUT2D eigenvalue weighted by Gasteiger charge is 2.19. The molecule has 0 heterocycles. The number of allylic oxidation sites excluding steroid dienone is 20. The lowest BCUT2D eigenvalue weighted by Gasteiger charge is -2.18. The average molecular weight is 1100 g/mol. The van der Waals surface area contributed by atoms with Crippen molar-refractivity contribution >= 4 is 17.9 Å². The second kappa shape index (κ2) is 66.3. The molecule has 1 unspecified atom stereocenters. The SMILES string of the molecule is CC/C=C\C/C=C\C/C=C\C/C=C\C/C=C\C/C=C\CCCCCCCCC(=O)OCC(COC(=O)CC/C=C\C/C=C\C/C=C\C/C=C\CC)OC(=O)CCCCCCCCCCCCCCCCCCCCCCCCC. The van der Waals surface area contributed by atoms with Gasteiger partial charge in [0.2, 0.25) is 0 Å². The van der Waals surface area contributed by atoms with E-state index >= 15 is 0 Å². The topological polar surface area (TPSA) is 78.9 Å². The Morgan fingerprint density at radius 3 is 0.848 bits per heavy atom. The van der Waals surface area contributed by atoms with E-state index in [9.17, 15) is 14.4 Å². The van der Waals surface area contributed by atoms with Crippen molar-refractivity contribution in [2.75, 3.05) is 13.2 Å². The molecule has 0 aromatic carbocycles. The van der Waals surface area contributed by atoms with Crippen LogP contribution in [-0.2, 0) is 28.6 Å². The minimum Gasteiger partial charge on any atom is -0.462 e. The van der Waals surface area contributed by atoms with Gasteiger partial charge in [-0.1, -0.05) is 309 Å². The number of carbonyl (C=O) groups is 3. The summed E-state index contributed by atoms with van der Waals surface area (Å²) in [6.45, 7) is 6.36. The molecule has 0 saturated heterocycles. The highest BCUT2D eigenvalue weighted by molar-refractivity contribution is 5.71. The molecule has 450 valence electrons. The van der Waals surface area contributed by atoms with Gasteiger partial charge in [0, 0.05) is 19.3 Å². The van der Waals surface area contributed by atoms with E-state index in [4.69, 9.17) is 14.2 Å². The first-order valence-electron chi connectivity index (χ1n) is 33.0. The zero-order valence-corrected chi connectivity index (χ0v) is 51.6. The number of hydrogen-bond donors (Lipinski definition) is 0. The van der Waals surface area contributed by atoms with E-state index < -0.39 is 6.10 Å². The lowest BCUT2D eigenvalue weighted by Crippen LogP contribution is -2.30. The van der Waals surface area contributed by atoms with E-state index in [1.54, 1.807) is 0 Å². The maximum Gasteiger partial charge on any atom is 0.306 e. The number of unbranched alkanes of at least 4 members (excludes halogenated alkanes) is 28. The Balaban J connectivity index is 4.38. The molecule has 0 aromatic rings. The van der Waals surface area contributed by atoms with Gasteiger partial charge in [-0.3, -0.25) is 14.4 Å². The molecule has 0 radical (unpaired) electrons. The molecule has 79 heavy (non-hydrogen) atoms. The molecule has 0 saturated carbocycles. The summed E-state index contributed by atoms with van der Waals surface area (Å²) < 4.78 is 16.9. The van der Waals surface area contributed by atoms with Gasteiger partial charge >= 0.3 is 17.9 Å². The Hall–Kier alpha value is -4.19. The fourth-order valence-corrected chi connectivity index (χ4v) is 9.11. The first-order valence-corrected chi connectivity index (χ1v) is 33.0. The van der Waals surface area contributed by atoms with Crippen LogP contribution < -0.4 is 0 Å². The van der Waals surface area contributed by atoms with Gasteiger partial charge in [0.25, 0.3) is 0 Å². The van der Waals surface area contributed by atoms with Gasteiger partial charge in [-0.05, 0) is 96.3 Å². The van der Waals surface area contributed by atoms with Crippen LogP contribution in [0.5, 0.6) is 0 Å². The summed E-state index contributed by atoms with van der Waals surface area (Å²) in [7, 11) is 0. The van der Waals surface area contributed by atoms with Crippen molar-refractivity contribution in [3.8, 4) is 0 Å². The van der Waals surface area contributed by atoms with Crippen LogP contribution in [-0.4, -0.2) is 37.2 Å². The van der Waals surface area contributed by atoms with E-state index in [-0.39, 0.29) is 37.5 Å². The third kappa shape index (κ3) is 64.5. The van der Waals surface area contributed by atoms with E-state index in [0.717, 1.165) is 116 Å². The van der Waals surface area contributed by atoms with Crippen LogP contribution >= 0.6 is 0 Å². The van der Waals surface area contributed by atoms with Gasteiger partial charge in [-0.2, -0.15) is 0 Å². The van der Waals surface area contributed by atoms with Crippen molar-refractivity contribution < 1.29 is 28.6 Å². The molecule has 0 fully saturated rings. The quantitative estimate of drug-likeness (QED) is 0.0261. The summed E-state index contributed by atoms with van der Waals surface area (Å²) in [5, 5.41) is 0. The molecule has 0 aliphatic carbocycles. The van der Waals surface area contributed by atoms with Crippen molar-refractivity contribution in [2.45, 2.75) is 309 Å². The van der Waals surface area contributed by atoms with Gasteiger partial charge < -0.3 is 14.2 Å². The van der Waals surface area contributed by atoms with Gasteiger partial charge in [0.15, 0.2) is 6.10 Å². The standard InChI is InChI=1S/C73H122O6/c1-4-7-10-13-16-19-22-25-27-29-31-33-35-36-38-39-41-43-45-48-51-54-57-60-63-66-72(75)78-69-70(68-77-71(74)65-62-59-56-53-50-47-24-21-18-15-12-9-6-3)79-73(76)67-64-61-58-55-52-49-46-44-42-40-37-34-32-30-28-26-23-20-17-14-11-8-5-2/h7,9-10,12,16,18-19,21,25,27,31,33,36,38,41,43,47,50,56,59,70H,4-6,8,11,13-15,17,20,22-24,26,28-30,32,34-35,37,39-40,42,44-46,48-49,51-55,57-58,60-69H2,1-3H3/b10-7-,12-9-,19-16-,21-18-,27-25-,33-31-,38-36-,43-41-,50-47-,59-56-. The Morgan fingerprint density at radius 1 is 0.266 bits per heavy atom. The van der Waals surface area contributed by atoms with Crippen molar-refractivity contribution in [1.29, 1.82) is 0 Å². The average Bonchev–Trinajstić information content (AvgIpc) is 3.45. The highest BCUT2D eigenvalue weighted by Crippen LogP contribution is 2.17. The molecule has 6 nitrogen and oxygen atoms in total. The minimum absolute atomic E-state index is 0.108. The predicted molar refractivity (Wildman–Crippen MR) is 343 cm³/mol. The van der Waals surface area contributed by atoms with E-state index in [1.165, 1.54) is 141 Å². The molecule has 0 bridgehead atoms. The van der Waals surface area contributed by atoms with E-state index in [2.05, 4.69) is 136 Å². The van der Waals surface area contributed by atoms with Crippen molar-refractivity contribution in [3.05, 3.63) is 122 Å². The molecule has 1 atom stereocenters. The van der Waals surface area contributed by atoms with Crippen LogP contribution in [0.25, 0.3) is 0 Å². The van der Waals surface area contributed by atoms with Crippen LogP contribution in [0.3, 0.4) is 0 Å². The molecule has 6 heteroatoms. The van der Waals surface area contributed by atoms with Gasteiger partial charge in [0.05, 0.1) is 0 Å². The van der Waals surface area contributed by atoms with Crippen molar-refractivity contribution in [1.82, 2.24) is 0 Å². The molecule has 0 N–H and O–H groups in total. The predicted octanol–water partition coefficient (Wildman–Crippen LogP) is 22.8. The lowest BCUT2D eigenvalue weighted by atomic mass is 10.0. The third-order valence-corrected chi connectivity index (χ3v) is 14.0. The van der Waals surface area contributed by atoms with Crippen LogP contribution in [0.1, 0.15) is 303 Å². The molecule has 0 aliphatic rings. The number of ether oxygens (including phenoxy) is 3. The monoisotopic (exact) mass is 1090 g/mol. The van der Waals surface area contributed by atoms with Gasteiger partial charge in [0.1, 0.15) is 13.2 Å². The summed E-state index contributed by atoms with van der Waals surface area (Å²) >= 11 is 0. The summed E-state index contributed by atoms with van der Waals surface area (Å²) in [5.74, 6) is -0.998. The Morgan fingerprint density at radius 2 is 0.519 bits per heavy atom. The lowest BCUT2D eigenvalue weighted by molar-refractivity contribution is -0.166.